The average molecular weight is 278 g/mol. The SMILES string of the molecule is O=C(NCc1ccccc1F)c1ccc(CCl)cc1. The Bertz CT molecular complexity index is 569. The second-order valence-electron chi connectivity index (χ2n) is 4.10. The van der Waals surface area contributed by atoms with Crippen molar-refractivity contribution >= 4 is 17.5 Å². The van der Waals surface area contributed by atoms with Gasteiger partial charge in [-0.15, -0.1) is 11.6 Å². The summed E-state index contributed by atoms with van der Waals surface area (Å²) in [7, 11) is 0. The smallest absolute Gasteiger partial charge is 0.251 e. The predicted octanol–water partition coefficient (Wildman–Crippen LogP) is 3.49. The lowest BCUT2D eigenvalue weighted by atomic mass is 10.1. The minimum absolute atomic E-state index is 0.169. The summed E-state index contributed by atoms with van der Waals surface area (Å²) in [6.45, 7) is 0.169. The fraction of sp³-hybridized carbons (Fsp3) is 0.133. The monoisotopic (exact) mass is 277 g/mol. The Labute approximate surface area is 116 Å². The van der Waals surface area contributed by atoms with Gasteiger partial charge in [0.25, 0.3) is 5.91 Å². The minimum Gasteiger partial charge on any atom is -0.348 e. The number of carbonyl (C=O) groups is 1. The van der Waals surface area contributed by atoms with E-state index in [4.69, 9.17) is 11.6 Å². The van der Waals surface area contributed by atoms with Gasteiger partial charge in [-0.05, 0) is 23.8 Å². The lowest BCUT2D eigenvalue weighted by molar-refractivity contribution is 0.0950. The highest BCUT2D eigenvalue weighted by Crippen LogP contribution is 2.08. The second-order valence-corrected chi connectivity index (χ2v) is 4.37. The summed E-state index contributed by atoms with van der Waals surface area (Å²) in [4.78, 5) is 11.9. The van der Waals surface area contributed by atoms with Gasteiger partial charge >= 0.3 is 0 Å². The van der Waals surface area contributed by atoms with Crippen LogP contribution in [0.25, 0.3) is 0 Å². The Kier molecular flexibility index (Phi) is 4.53. The van der Waals surface area contributed by atoms with E-state index in [0.29, 0.717) is 17.0 Å². The second kappa shape index (κ2) is 6.34. The van der Waals surface area contributed by atoms with Gasteiger partial charge in [-0.25, -0.2) is 4.39 Å². The molecule has 0 fully saturated rings. The van der Waals surface area contributed by atoms with Crippen LogP contribution in [0.4, 0.5) is 4.39 Å². The fourth-order valence-corrected chi connectivity index (χ4v) is 1.84. The molecule has 4 heteroatoms. The molecular weight excluding hydrogens is 265 g/mol. The van der Waals surface area contributed by atoms with Crippen LogP contribution in [0.1, 0.15) is 21.5 Å². The molecule has 19 heavy (non-hydrogen) atoms. The van der Waals surface area contributed by atoms with Crippen LogP contribution < -0.4 is 5.32 Å². The zero-order valence-corrected chi connectivity index (χ0v) is 11.0. The molecule has 1 N–H and O–H groups in total. The third-order valence-electron chi connectivity index (χ3n) is 2.77. The molecule has 0 bridgehead atoms. The molecule has 2 aromatic carbocycles. The van der Waals surface area contributed by atoms with Crippen molar-refractivity contribution in [1.82, 2.24) is 5.32 Å². The summed E-state index contributed by atoms with van der Waals surface area (Å²) in [5, 5.41) is 2.68. The van der Waals surface area contributed by atoms with Crippen LogP contribution in [0.5, 0.6) is 0 Å². The Morgan fingerprint density at radius 1 is 1.11 bits per heavy atom. The first-order chi connectivity index (χ1) is 9.20. The van der Waals surface area contributed by atoms with E-state index in [1.165, 1.54) is 6.07 Å². The minimum atomic E-state index is -0.319. The number of hydrogen-bond donors (Lipinski definition) is 1. The van der Waals surface area contributed by atoms with Gasteiger partial charge in [0.1, 0.15) is 5.82 Å². The molecule has 0 aliphatic heterocycles. The maximum absolute atomic E-state index is 13.4. The Hall–Kier alpha value is -1.87. The van der Waals surface area contributed by atoms with Crippen LogP contribution in [0, 0.1) is 5.82 Å². The molecule has 0 saturated heterocycles. The van der Waals surface area contributed by atoms with Crippen LogP contribution in [0.2, 0.25) is 0 Å². The Balaban J connectivity index is 1.99. The summed E-state index contributed by atoms with van der Waals surface area (Å²) in [6.07, 6.45) is 0. The zero-order valence-electron chi connectivity index (χ0n) is 10.2. The first-order valence-corrected chi connectivity index (χ1v) is 6.40. The van der Waals surface area contributed by atoms with Crippen molar-refractivity contribution in [3.63, 3.8) is 0 Å². The molecule has 0 spiro atoms. The zero-order chi connectivity index (χ0) is 13.7. The van der Waals surface area contributed by atoms with Gasteiger partial charge in [-0.2, -0.15) is 0 Å². The molecular formula is C15H13ClFNO. The molecule has 1 amide bonds. The van der Waals surface area contributed by atoms with Crippen molar-refractivity contribution in [3.05, 3.63) is 71.0 Å². The molecule has 2 aromatic rings. The lowest BCUT2D eigenvalue weighted by Gasteiger charge is -2.06. The molecule has 2 nitrogen and oxygen atoms in total. The fourth-order valence-electron chi connectivity index (χ4n) is 1.66. The van der Waals surface area contributed by atoms with E-state index in [1.54, 1.807) is 42.5 Å². The van der Waals surface area contributed by atoms with Crippen molar-refractivity contribution in [1.29, 1.82) is 0 Å². The summed E-state index contributed by atoms with van der Waals surface area (Å²) < 4.78 is 13.4. The third-order valence-corrected chi connectivity index (χ3v) is 3.08. The van der Waals surface area contributed by atoms with E-state index in [2.05, 4.69) is 5.32 Å². The van der Waals surface area contributed by atoms with Gasteiger partial charge in [-0.3, -0.25) is 4.79 Å². The maximum atomic E-state index is 13.4. The van der Waals surface area contributed by atoms with E-state index < -0.39 is 0 Å². The Morgan fingerprint density at radius 2 is 1.79 bits per heavy atom. The summed E-state index contributed by atoms with van der Waals surface area (Å²) in [6, 6.07) is 13.4. The van der Waals surface area contributed by atoms with E-state index in [1.807, 2.05) is 0 Å². The van der Waals surface area contributed by atoms with Crippen LogP contribution in [-0.4, -0.2) is 5.91 Å². The number of nitrogens with one attached hydrogen (secondary N) is 1. The van der Waals surface area contributed by atoms with Gasteiger partial charge < -0.3 is 5.32 Å². The van der Waals surface area contributed by atoms with Crippen molar-refractivity contribution in [3.8, 4) is 0 Å². The Morgan fingerprint density at radius 3 is 2.42 bits per heavy atom. The molecule has 98 valence electrons. The largest absolute Gasteiger partial charge is 0.348 e. The van der Waals surface area contributed by atoms with E-state index in [9.17, 15) is 9.18 Å². The molecule has 0 unspecified atom stereocenters. The highest BCUT2D eigenvalue weighted by Gasteiger charge is 2.06. The number of carbonyl (C=O) groups excluding carboxylic acids is 1. The van der Waals surface area contributed by atoms with Crippen LogP contribution in [0.15, 0.2) is 48.5 Å². The van der Waals surface area contributed by atoms with Gasteiger partial charge in [-0.1, -0.05) is 30.3 Å². The quantitative estimate of drug-likeness (QED) is 0.852. The number of hydrogen-bond acceptors (Lipinski definition) is 1. The van der Waals surface area contributed by atoms with Crippen LogP contribution in [-0.2, 0) is 12.4 Å². The molecule has 0 atom stereocenters. The summed E-state index contributed by atoms with van der Waals surface area (Å²) in [5.41, 5.74) is 1.95. The molecule has 0 saturated carbocycles. The lowest BCUT2D eigenvalue weighted by Crippen LogP contribution is -2.23. The van der Waals surface area contributed by atoms with Crippen molar-refractivity contribution < 1.29 is 9.18 Å². The first kappa shape index (κ1) is 13.6. The van der Waals surface area contributed by atoms with Gasteiger partial charge in [0, 0.05) is 23.6 Å². The predicted molar refractivity (Wildman–Crippen MR) is 73.6 cm³/mol. The third kappa shape index (κ3) is 3.55. The molecule has 0 aliphatic rings. The average Bonchev–Trinajstić information content (AvgIpc) is 2.46. The normalized spacial score (nSPS) is 10.2. The summed E-state index contributed by atoms with van der Waals surface area (Å²) >= 11 is 5.68. The number of amides is 1. The van der Waals surface area contributed by atoms with E-state index >= 15 is 0 Å². The van der Waals surface area contributed by atoms with Crippen molar-refractivity contribution in [2.24, 2.45) is 0 Å². The number of benzene rings is 2. The van der Waals surface area contributed by atoms with Gasteiger partial charge in [0.2, 0.25) is 0 Å². The maximum Gasteiger partial charge on any atom is 0.251 e. The van der Waals surface area contributed by atoms with Gasteiger partial charge in [0.15, 0.2) is 0 Å². The van der Waals surface area contributed by atoms with Crippen LogP contribution >= 0.6 is 11.6 Å². The van der Waals surface area contributed by atoms with Gasteiger partial charge in [0.05, 0.1) is 0 Å². The standard InChI is InChI=1S/C15H13ClFNO/c16-9-11-5-7-12(8-6-11)15(19)18-10-13-3-1-2-4-14(13)17/h1-8H,9-10H2,(H,18,19). The molecule has 0 aliphatic carbocycles. The van der Waals surface area contributed by atoms with E-state index in [-0.39, 0.29) is 18.3 Å². The number of alkyl halides is 1. The van der Waals surface area contributed by atoms with Crippen molar-refractivity contribution in [2.45, 2.75) is 12.4 Å². The highest BCUT2D eigenvalue weighted by atomic mass is 35.5. The first-order valence-electron chi connectivity index (χ1n) is 5.87. The molecule has 2 rings (SSSR count). The van der Waals surface area contributed by atoms with Crippen molar-refractivity contribution in [2.75, 3.05) is 0 Å². The van der Waals surface area contributed by atoms with Crippen LogP contribution in [0.3, 0.4) is 0 Å². The summed E-state index contributed by atoms with van der Waals surface area (Å²) in [5.74, 6) is -0.137. The molecule has 0 radical (unpaired) electrons. The van der Waals surface area contributed by atoms with E-state index in [0.717, 1.165) is 5.56 Å². The molecule has 0 heterocycles. The highest BCUT2D eigenvalue weighted by molar-refractivity contribution is 6.17. The number of rotatable bonds is 4. The number of halogens is 2. The molecule has 0 aromatic heterocycles. The topological polar surface area (TPSA) is 29.1 Å².